The number of rotatable bonds is 5. The lowest BCUT2D eigenvalue weighted by Gasteiger charge is -2.15. The molecule has 0 N–H and O–H groups in total. The van der Waals surface area contributed by atoms with Crippen molar-refractivity contribution in [2.24, 2.45) is 0 Å². The second kappa shape index (κ2) is 12.7. The zero-order valence-corrected chi connectivity index (χ0v) is 31.7. The molecular formula is C52H34N4S. The molecule has 1 unspecified atom stereocenters. The van der Waals surface area contributed by atoms with E-state index in [2.05, 4.69) is 185 Å². The average molecular weight is 747 g/mol. The predicted octanol–water partition coefficient (Wildman–Crippen LogP) is 12.0. The van der Waals surface area contributed by atoms with E-state index in [0.717, 1.165) is 28.4 Å². The van der Waals surface area contributed by atoms with Gasteiger partial charge in [0.1, 0.15) is 0 Å². The SMILES string of the molecule is C1=c2c(n(-c3ncc(-c4ccc(-c5cccc6c5sc5ccccc56)cc4)cn3)c3ccccc23)=CCC1c1ccc2c(c1)c1ccccc1n2-c1ccccc1. The van der Waals surface area contributed by atoms with E-state index in [1.54, 1.807) is 0 Å². The predicted molar refractivity (Wildman–Crippen MR) is 239 cm³/mol. The lowest BCUT2D eigenvalue weighted by Crippen LogP contribution is -2.32. The zero-order chi connectivity index (χ0) is 37.5. The number of hydrogen-bond acceptors (Lipinski definition) is 3. The normalized spacial score (nSPS) is 14.0. The molecule has 57 heavy (non-hydrogen) atoms. The molecule has 0 fully saturated rings. The first-order valence-electron chi connectivity index (χ1n) is 19.5. The van der Waals surface area contributed by atoms with Gasteiger partial charge in [0.2, 0.25) is 5.95 Å². The van der Waals surface area contributed by atoms with Crippen LogP contribution in [0.2, 0.25) is 0 Å². The van der Waals surface area contributed by atoms with Crippen LogP contribution in [0.5, 0.6) is 0 Å². The fourth-order valence-electron chi connectivity index (χ4n) is 9.10. The Morgan fingerprint density at radius 1 is 0.509 bits per heavy atom. The summed E-state index contributed by atoms with van der Waals surface area (Å²) in [6.07, 6.45) is 9.65. The molecule has 5 heteroatoms. The Morgan fingerprint density at radius 3 is 2.00 bits per heavy atom. The fraction of sp³-hybridized carbons (Fsp3) is 0.0385. The molecule has 1 aliphatic carbocycles. The zero-order valence-electron chi connectivity index (χ0n) is 30.9. The minimum Gasteiger partial charge on any atom is -0.309 e. The lowest BCUT2D eigenvalue weighted by molar-refractivity contribution is 0.886. The van der Waals surface area contributed by atoms with Crippen LogP contribution in [0.1, 0.15) is 17.9 Å². The largest absolute Gasteiger partial charge is 0.309 e. The molecule has 0 saturated carbocycles. The highest BCUT2D eigenvalue weighted by molar-refractivity contribution is 7.26. The molecule has 268 valence electrons. The summed E-state index contributed by atoms with van der Waals surface area (Å²) in [5.41, 5.74) is 10.6. The first-order valence-corrected chi connectivity index (χ1v) is 20.3. The second-order valence-electron chi connectivity index (χ2n) is 15.0. The van der Waals surface area contributed by atoms with Crippen LogP contribution in [0.4, 0.5) is 0 Å². The number of nitrogens with zero attached hydrogens (tertiary/aromatic N) is 4. The van der Waals surface area contributed by atoms with Crippen molar-refractivity contribution < 1.29 is 0 Å². The van der Waals surface area contributed by atoms with Gasteiger partial charge < -0.3 is 4.57 Å². The Morgan fingerprint density at radius 2 is 1.18 bits per heavy atom. The van der Waals surface area contributed by atoms with Crippen LogP contribution in [0.15, 0.2) is 176 Å². The van der Waals surface area contributed by atoms with E-state index in [0.29, 0.717) is 5.95 Å². The van der Waals surface area contributed by atoms with Gasteiger partial charge in [0.05, 0.1) is 21.9 Å². The van der Waals surface area contributed by atoms with E-state index in [1.807, 2.05) is 23.7 Å². The van der Waals surface area contributed by atoms with Crippen molar-refractivity contribution in [1.82, 2.24) is 19.1 Å². The third-order valence-electron chi connectivity index (χ3n) is 11.8. The van der Waals surface area contributed by atoms with Crippen LogP contribution in [-0.4, -0.2) is 19.1 Å². The molecule has 0 bridgehead atoms. The molecule has 0 radical (unpaired) electrons. The first-order chi connectivity index (χ1) is 28.3. The standard InChI is InChI=1S/C52H34N4S/c1-2-11-38(12-3-1)55-46-18-7-4-13-40(46)44-29-35(25-27-48(44)55)36-26-28-49-45(30-36)41-14-5-8-19-47(41)56(49)52-53-31-37(32-54-52)33-21-23-34(24-22-33)39-16-10-17-43-42-15-6-9-20-50(42)57-51(39)43/h1-25,27-32,36H,26H2. The Kier molecular flexibility index (Phi) is 7.19. The maximum Gasteiger partial charge on any atom is 0.234 e. The Balaban J connectivity index is 0.894. The summed E-state index contributed by atoms with van der Waals surface area (Å²) in [6.45, 7) is 0. The molecular weight excluding hydrogens is 713 g/mol. The average Bonchev–Trinajstić information content (AvgIpc) is 3.94. The van der Waals surface area contributed by atoms with Gasteiger partial charge in [-0.15, -0.1) is 11.3 Å². The molecule has 0 aliphatic heterocycles. The number of para-hydroxylation sites is 3. The highest BCUT2D eigenvalue weighted by Gasteiger charge is 2.20. The quantitative estimate of drug-likeness (QED) is 0.176. The maximum atomic E-state index is 4.99. The van der Waals surface area contributed by atoms with E-state index < -0.39 is 0 Å². The van der Waals surface area contributed by atoms with Gasteiger partial charge in [0.25, 0.3) is 0 Å². The van der Waals surface area contributed by atoms with Crippen molar-refractivity contribution in [3.05, 3.63) is 192 Å². The highest BCUT2D eigenvalue weighted by Crippen LogP contribution is 2.40. The van der Waals surface area contributed by atoms with Gasteiger partial charge in [0.15, 0.2) is 0 Å². The third kappa shape index (κ3) is 5.06. The Bertz CT molecular complexity index is 3480. The van der Waals surface area contributed by atoms with Crippen molar-refractivity contribution >= 4 is 76.4 Å². The summed E-state index contributed by atoms with van der Waals surface area (Å²) in [6, 6.07) is 59.2. The number of hydrogen-bond donors (Lipinski definition) is 0. The Hall–Kier alpha value is -7.08. The second-order valence-corrected chi connectivity index (χ2v) is 16.0. The number of aromatic nitrogens is 4. The van der Waals surface area contributed by atoms with Gasteiger partial charge in [-0.25, -0.2) is 9.97 Å². The van der Waals surface area contributed by atoms with Gasteiger partial charge in [-0.2, -0.15) is 0 Å². The molecule has 7 aromatic carbocycles. The lowest BCUT2D eigenvalue weighted by atomic mass is 9.90. The topological polar surface area (TPSA) is 35.6 Å². The molecule has 0 saturated heterocycles. The van der Waals surface area contributed by atoms with Gasteiger partial charge >= 0.3 is 0 Å². The van der Waals surface area contributed by atoms with E-state index in [1.165, 1.54) is 75.0 Å². The number of thiophene rings is 1. The molecule has 0 spiro atoms. The third-order valence-corrected chi connectivity index (χ3v) is 13.0. The summed E-state index contributed by atoms with van der Waals surface area (Å²) in [5, 5.41) is 8.80. The molecule has 11 aromatic rings. The van der Waals surface area contributed by atoms with E-state index >= 15 is 0 Å². The van der Waals surface area contributed by atoms with Crippen molar-refractivity contribution in [1.29, 1.82) is 0 Å². The minimum atomic E-state index is 0.247. The summed E-state index contributed by atoms with van der Waals surface area (Å²) in [5.74, 6) is 0.930. The van der Waals surface area contributed by atoms with E-state index in [-0.39, 0.29) is 5.92 Å². The van der Waals surface area contributed by atoms with Crippen molar-refractivity contribution in [3.8, 4) is 33.9 Å². The van der Waals surface area contributed by atoms with Crippen molar-refractivity contribution in [2.45, 2.75) is 12.3 Å². The summed E-state index contributed by atoms with van der Waals surface area (Å²) >= 11 is 1.87. The molecule has 12 rings (SSSR count). The van der Waals surface area contributed by atoms with Gasteiger partial charge in [-0.1, -0.05) is 133 Å². The van der Waals surface area contributed by atoms with Gasteiger partial charge in [-0.05, 0) is 71.1 Å². The summed E-state index contributed by atoms with van der Waals surface area (Å²) < 4.78 is 7.26. The van der Waals surface area contributed by atoms with Crippen LogP contribution in [0.25, 0.3) is 98.9 Å². The molecule has 1 aliphatic rings. The molecule has 0 amide bonds. The van der Waals surface area contributed by atoms with E-state index in [4.69, 9.17) is 9.97 Å². The van der Waals surface area contributed by atoms with Crippen LogP contribution in [0, 0.1) is 0 Å². The first kappa shape index (κ1) is 32.2. The van der Waals surface area contributed by atoms with Gasteiger partial charge in [-0.3, -0.25) is 4.57 Å². The van der Waals surface area contributed by atoms with Crippen LogP contribution in [0.3, 0.4) is 0 Å². The fourth-order valence-corrected chi connectivity index (χ4v) is 10.3. The monoisotopic (exact) mass is 746 g/mol. The molecule has 4 nitrogen and oxygen atoms in total. The van der Waals surface area contributed by atoms with Crippen molar-refractivity contribution in [2.75, 3.05) is 0 Å². The minimum absolute atomic E-state index is 0.247. The molecule has 4 aromatic heterocycles. The van der Waals surface area contributed by atoms with E-state index in [9.17, 15) is 0 Å². The summed E-state index contributed by atoms with van der Waals surface area (Å²) in [4.78, 5) is 9.97. The Labute approximate surface area is 332 Å². The van der Waals surface area contributed by atoms with Crippen LogP contribution < -0.4 is 10.6 Å². The molecule has 4 heterocycles. The summed E-state index contributed by atoms with van der Waals surface area (Å²) in [7, 11) is 0. The van der Waals surface area contributed by atoms with Crippen molar-refractivity contribution in [3.63, 3.8) is 0 Å². The highest BCUT2D eigenvalue weighted by atomic mass is 32.1. The van der Waals surface area contributed by atoms with Crippen LogP contribution in [-0.2, 0) is 0 Å². The molecule has 1 atom stereocenters. The maximum absolute atomic E-state index is 4.99. The smallest absolute Gasteiger partial charge is 0.234 e. The number of fused-ring (bicyclic) bond motifs is 9. The number of benzene rings is 7. The van der Waals surface area contributed by atoms with Gasteiger partial charge in [0, 0.05) is 71.1 Å². The van der Waals surface area contributed by atoms with Crippen LogP contribution >= 0.6 is 11.3 Å².